The Morgan fingerprint density at radius 1 is 1.00 bits per heavy atom. The first-order chi connectivity index (χ1) is 18.7. The first kappa shape index (κ1) is 25.8. The zero-order chi connectivity index (χ0) is 27.7. The Hall–Kier alpha value is -4.84. The molecule has 4 aromatic rings. The number of aromatic nitrogens is 3. The van der Waals surface area contributed by atoms with E-state index in [0.29, 0.717) is 36.5 Å². The molecule has 9 nitrogen and oxygen atoms in total. The molecule has 0 bridgehead atoms. The molecule has 0 spiro atoms. The van der Waals surface area contributed by atoms with Gasteiger partial charge in [0.25, 0.3) is 5.91 Å². The highest BCUT2D eigenvalue weighted by atomic mass is 16.5. The Morgan fingerprint density at radius 2 is 1.82 bits per heavy atom. The number of nitrogens with zero attached hydrogens (tertiary/aromatic N) is 6. The van der Waals surface area contributed by atoms with Crippen LogP contribution < -0.4 is 4.74 Å². The lowest BCUT2D eigenvalue weighted by atomic mass is 9.97. The molecule has 3 heterocycles. The van der Waals surface area contributed by atoms with Crippen LogP contribution in [0.25, 0.3) is 33.3 Å². The summed E-state index contributed by atoms with van der Waals surface area (Å²) in [5.74, 6) is 0.206. The van der Waals surface area contributed by atoms with Crippen LogP contribution >= 0.6 is 0 Å². The fourth-order valence-electron chi connectivity index (χ4n) is 5.21. The van der Waals surface area contributed by atoms with E-state index in [-0.39, 0.29) is 17.7 Å². The topological polar surface area (TPSA) is 112 Å². The quantitative estimate of drug-likeness (QED) is 0.394. The lowest BCUT2D eigenvalue weighted by molar-refractivity contribution is -0.137. The first-order valence-electron chi connectivity index (χ1n) is 12.6. The molecular formula is C30H28N6O3. The summed E-state index contributed by atoms with van der Waals surface area (Å²) in [7, 11) is 1.48. The summed E-state index contributed by atoms with van der Waals surface area (Å²) < 4.78 is 5.17. The van der Waals surface area contributed by atoms with E-state index in [0.717, 1.165) is 27.6 Å². The Labute approximate surface area is 226 Å². The number of rotatable bonds is 4. The van der Waals surface area contributed by atoms with E-state index in [1.165, 1.54) is 13.4 Å². The van der Waals surface area contributed by atoms with Crippen molar-refractivity contribution in [3.8, 4) is 34.3 Å². The van der Waals surface area contributed by atoms with Crippen molar-refractivity contribution in [1.82, 2.24) is 24.8 Å². The highest BCUT2D eigenvalue weighted by Gasteiger charge is 2.37. The van der Waals surface area contributed by atoms with Gasteiger partial charge in [0.15, 0.2) is 0 Å². The van der Waals surface area contributed by atoms with Gasteiger partial charge in [-0.15, -0.1) is 0 Å². The van der Waals surface area contributed by atoms with Crippen LogP contribution in [0, 0.1) is 11.3 Å². The number of ether oxygens (including phenoxy) is 1. The third kappa shape index (κ3) is 4.89. The minimum atomic E-state index is -0.446. The highest BCUT2D eigenvalue weighted by molar-refractivity contribution is 5.99. The third-order valence-electron chi connectivity index (χ3n) is 7.09. The average Bonchev–Trinajstić information content (AvgIpc) is 2.95. The van der Waals surface area contributed by atoms with E-state index in [4.69, 9.17) is 4.74 Å². The predicted molar refractivity (Wildman–Crippen MR) is 147 cm³/mol. The molecule has 2 aromatic carbocycles. The molecule has 0 aliphatic carbocycles. The second-order valence-corrected chi connectivity index (χ2v) is 10.1. The molecule has 0 radical (unpaired) electrons. The molecule has 196 valence electrons. The van der Waals surface area contributed by atoms with Gasteiger partial charge < -0.3 is 14.5 Å². The van der Waals surface area contributed by atoms with E-state index in [9.17, 15) is 14.9 Å². The molecule has 0 saturated carbocycles. The van der Waals surface area contributed by atoms with Crippen molar-refractivity contribution < 1.29 is 14.3 Å². The van der Waals surface area contributed by atoms with E-state index in [2.05, 4.69) is 21.0 Å². The summed E-state index contributed by atoms with van der Waals surface area (Å²) in [6.45, 7) is 6.95. The van der Waals surface area contributed by atoms with Gasteiger partial charge in [0.1, 0.15) is 18.0 Å². The van der Waals surface area contributed by atoms with Gasteiger partial charge in [-0.1, -0.05) is 18.2 Å². The minimum Gasteiger partial charge on any atom is -0.480 e. The molecule has 0 atom stereocenters. The molecule has 5 rings (SSSR count). The number of pyridine rings is 1. The fraction of sp³-hybridized carbons (Fsp3) is 0.267. The fourth-order valence-corrected chi connectivity index (χ4v) is 5.21. The van der Waals surface area contributed by atoms with Crippen LogP contribution in [0.5, 0.6) is 5.88 Å². The molecule has 1 aliphatic heterocycles. The lowest BCUT2D eigenvalue weighted by Gasteiger charge is -2.46. The standard InChI is InChI=1S/C30H28N6O3/c1-19(37)36-11-10-35(17-30(36,2)3)29(38)22-7-5-6-21(12-22)27-25-14-20(8-9-26(25)33-18-34-27)24-13-23(15-31)28(39-4)32-16-24/h5-9,12-14,16,18H,10-11,17H2,1-4H3. The third-order valence-corrected chi connectivity index (χ3v) is 7.09. The summed E-state index contributed by atoms with van der Waals surface area (Å²) in [6.07, 6.45) is 3.18. The molecule has 0 N–H and O–H groups in total. The van der Waals surface area contributed by atoms with Crippen LogP contribution in [0.3, 0.4) is 0 Å². The van der Waals surface area contributed by atoms with Crippen molar-refractivity contribution in [2.24, 2.45) is 0 Å². The molecule has 2 amide bonds. The highest BCUT2D eigenvalue weighted by Crippen LogP contribution is 2.32. The average molecular weight is 521 g/mol. The maximum absolute atomic E-state index is 13.5. The largest absolute Gasteiger partial charge is 0.480 e. The van der Waals surface area contributed by atoms with Crippen molar-refractivity contribution in [1.29, 1.82) is 5.26 Å². The Bertz CT molecular complexity index is 1640. The van der Waals surface area contributed by atoms with Gasteiger partial charge in [0.05, 0.1) is 23.9 Å². The number of carbonyl (C=O) groups excluding carboxylic acids is 2. The molecule has 1 fully saturated rings. The molecule has 2 aromatic heterocycles. The Kier molecular flexibility index (Phi) is 6.71. The number of hydrogen-bond acceptors (Lipinski definition) is 7. The molecule has 1 aliphatic rings. The normalized spacial score (nSPS) is 14.6. The molecule has 1 saturated heterocycles. The van der Waals surface area contributed by atoms with Crippen molar-refractivity contribution in [2.45, 2.75) is 26.3 Å². The summed E-state index contributed by atoms with van der Waals surface area (Å²) in [6, 6.07) is 17.1. The summed E-state index contributed by atoms with van der Waals surface area (Å²) in [5, 5.41) is 10.3. The van der Waals surface area contributed by atoms with Crippen LogP contribution in [-0.4, -0.2) is 68.8 Å². The molecule has 9 heteroatoms. The van der Waals surface area contributed by atoms with Gasteiger partial charge in [-0.25, -0.2) is 15.0 Å². The number of carbonyl (C=O) groups is 2. The Balaban J connectivity index is 1.50. The molecular weight excluding hydrogens is 492 g/mol. The maximum atomic E-state index is 13.5. The summed E-state index contributed by atoms with van der Waals surface area (Å²) >= 11 is 0. The van der Waals surface area contributed by atoms with Crippen LogP contribution in [0.4, 0.5) is 0 Å². The van der Waals surface area contributed by atoms with Gasteiger partial charge >= 0.3 is 0 Å². The SMILES string of the molecule is COc1ncc(-c2ccc3ncnc(-c4cccc(C(=O)N5CCN(C(C)=O)C(C)(C)C5)c4)c3c2)cc1C#N. The second kappa shape index (κ2) is 10.1. The van der Waals surface area contributed by atoms with Crippen molar-refractivity contribution >= 4 is 22.7 Å². The van der Waals surface area contributed by atoms with Gasteiger partial charge in [0, 0.05) is 54.8 Å². The first-order valence-corrected chi connectivity index (χ1v) is 12.6. The number of amides is 2. The van der Waals surface area contributed by atoms with E-state index < -0.39 is 5.54 Å². The van der Waals surface area contributed by atoms with E-state index in [1.807, 2.05) is 55.1 Å². The van der Waals surface area contributed by atoms with Gasteiger partial charge in [-0.3, -0.25) is 9.59 Å². The smallest absolute Gasteiger partial charge is 0.254 e. The molecule has 0 unspecified atom stereocenters. The van der Waals surface area contributed by atoms with Crippen LogP contribution in [0.2, 0.25) is 0 Å². The number of benzene rings is 2. The number of piperazine rings is 1. The monoisotopic (exact) mass is 520 g/mol. The van der Waals surface area contributed by atoms with Crippen LogP contribution in [-0.2, 0) is 4.79 Å². The van der Waals surface area contributed by atoms with E-state index >= 15 is 0 Å². The van der Waals surface area contributed by atoms with E-state index in [1.54, 1.807) is 30.2 Å². The van der Waals surface area contributed by atoms with Crippen molar-refractivity contribution in [3.63, 3.8) is 0 Å². The number of methoxy groups -OCH3 is 1. The van der Waals surface area contributed by atoms with Gasteiger partial charge in [-0.05, 0) is 49.7 Å². The maximum Gasteiger partial charge on any atom is 0.254 e. The number of nitriles is 1. The van der Waals surface area contributed by atoms with Crippen molar-refractivity contribution in [3.05, 3.63) is 72.2 Å². The van der Waals surface area contributed by atoms with Gasteiger partial charge in [-0.2, -0.15) is 5.26 Å². The lowest BCUT2D eigenvalue weighted by Crippen LogP contribution is -2.61. The number of hydrogen-bond donors (Lipinski definition) is 0. The molecule has 39 heavy (non-hydrogen) atoms. The van der Waals surface area contributed by atoms with Crippen molar-refractivity contribution in [2.75, 3.05) is 26.7 Å². The minimum absolute atomic E-state index is 0.0124. The van der Waals surface area contributed by atoms with Gasteiger partial charge in [0.2, 0.25) is 11.8 Å². The predicted octanol–water partition coefficient (Wildman–Crippen LogP) is 4.32. The second-order valence-electron chi connectivity index (χ2n) is 10.1. The zero-order valence-electron chi connectivity index (χ0n) is 22.3. The number of fused-ring (bicyclic) bond motifs is 1. The zero-order valence-corrected chi connectivity index (χ0v) is 22.3. The summed E-state index contributed by atoms with van der Waals surface area (Å²) in [4.78, 5) is 42.4. The summed E-state index contributed by atoms with van der Waals surface area (Å²) in [5.41, 5.74) is 4.31. The van der Waals surface area contributed by atoms with Crippen LogP contribution in [0.15, 0.2) is 61.1 Å². The Morgan fingerprint density at radius 3 is 2.54 bits per heavy atom. The van der Waals surface area contributed by atoms with Crippen LogP contribution in [0.1, 0.15) is 36.7 Å².